The fourth-order valence-electron chi connectivity index (χ4n) is 3.85. The summed E-state index contributed by atoms with van der Waals surface area (Å²) in [5, 5.41) is 4.85. The second-order valence-electron chi connectivity index (χ2n) is 8.14. The number of carbonyl (C=O) groups excluding carboxylic acids is 1. The van der Waals surface area contributed by atoms with Crippen molar-refractivity contribution >= 4 is 22.5 Å². The zero-order chi connectivity index (χ0) is 21.6. The van der Waals surface area contributed by atoms with Crippen LogP contribution in [0.15, 0.2) is 52.1 Å². The first-order chi connectivity index (χ1) is 14.3. The molecule has 0 fully saturated rings. The number of para-hydroxylation sites is 1. The predicted octanol–water partition coefficient (Wildman–Crippen LogP) is 2.97. The van der Waals surface area contributed by atoms with E-state index in [1.54, 1.807) is 30.3 Å². The Morgan fingerprint density at radius 1 is 1.07 bits per heavy atom. The van der Waals surface area contributed by atoms with E-state index in [0.29, 0.717) is 23.0 Å². The molecule has 0 unspecified atom stereocenters. The van der Waals surface area contributed by atoms with Crippen molar-refractivity contribution < 1.29 is 4.79 Å². The summed E-state index contributed by atoms with van der Waals surface area (Å²) in [6.45, 7) is 8.07. The molecule has 0 bridgehead atoms. The predicted molar refractivity (Wildman–Crippen MR) is 116 cm³/mol. The Morgan fingerprint density at radius 3 is 2.50 bits per heavy atom. The van der Waals surface area contributed by atoms with Gasteiger partial charge in [-0.1, -0.05) is 49.7 Å². The molecule has 4 rings (SSSR count). The zero-order valence-electron chi connectivity index (χ0n) is 17.5. The van der Waals surface area contributed by atoms with Crippen molar-refractivity contribution in [2.24, 2.45) is 5.92 Å². The number of aromatic nitrogens is 4. The molecule has 2 aromatic carbocycles. The summed E-state index contributed by atoms with van der Waals surface area (Å²) in [5.74, 6) is 0.246. The third-order valence-corrected chi connectivity index (χ3v) is 5.21. The Balaban J connectivity index is 1.91. The maximum atomic E-state index is 13.2. The van der Waals surface area contributed by atoms with Crippen LogP contribution in [0, 0.1) is 19.8 Å². The molecule has 0 N–H and O–H groups in total. The van der Waals surface area contributed by atoms with Crippen molar-refractivity contribution in [2.45, 2.75) is 40.8 Å². The minimum atomic E-state index is -0.433. The molecule has 0 spiro atoms. The number of hydrogen-bond acceptors (Lipinski definition) is 4. The van der Waals surface area contributed by atoms with Crippen LogP contribution < -0.4 is 11.2 Å². The fraction of sp³-hybridized carbons (Fsp3) is 0.304. The highest BCUT2D eigenvalue weighted by atomic mass is 16.2. The maximum absolute atomic E-state index is 13.2. The van der Waals surface area contributed by atoms with Gasteiger partial charge in [-0.3, -0.25) is 14.2 Å². The minimum Gasteiger partial charge on any atom is -0.292 e. The van der Waals surface area contributed by atoms with Crippen LogP contribution in [-0.4, -0.2) is 24.5 Å². The summed E-state index contributed by atoms with van der Waals surface area (Å²) < 4.78 is 4.10. The Morgan fingerprint density at radius 2 is 1.80 bits per heavy atom. The molecular weight excluding hydrogens is 380 g/mol. The average Bonchev–Trinajstić information content (AvgIpc) is 3.01. The van der Waals surface area contributed by atoms with E-state index in [1.165, 1.54) is 8.97 Å². The number of hydrogen-bond donors (Lipinski definition) is 0. The van der Waals surface area contributed by atoms with E-state index in [9.17, 15) is 14.4 Å². The number of fused-ring (bicyclic) bond motifs is 3. The first kappa shape index (κ1) is 19.8. The van der Waals surface area contributed by atoms with Crippen LogP contribution in [-0.2, 0) is 13.1 Å². The van der Waals surface area contributed by atoms with E-state index in [0.717, 1.165) is 15.8 Å². The fourth-order valence-corrected chi connectivity index (χ4v) is 3.85. The minimum absolute atomic E-state index is 0.185. The van der Waals surface area contributed by atoms with Gasteiger partial charge >= 0.3 is 5.69 Å². The lowest BCUT2D eigenvalue weighted by Gasteiger charge is -2.11. The van der Waals surface area contributed by atoms with Gasteiger partial charge in [0.25, 0.3) is 5.56 Å². The summed E-state index contributed by atoms with van der Waals surface area (Å²) in [6, 6.07) is 12.6. The van der Waals surface area contributed by atoms with Crippen LogP contribution in [0.25, 0.3) is 16.7 Å². The summed E-state index contributed by atoms with van der Waals surface area (Å²) in [5.41, 5.74) is 2.36. The summed E-state index contributed by atoms with van der Waals surface area (Å²) in [4.78, 5) is 39.1. The molecule has 4 aromatic rings. The Bertz CT molecular complexity index is 1410. The van der Waals surface area contributed by atoms with Gasteiger partial charge in [0, 0.05) is 12.1 Å². The van der Waals surface area contributed by atoms with Crippen LogP contribution >= 0.6 is 0 Å². The van der Waals surface area contributed by atoms with Crippen LogP contribution in [0.5, 0.6) is 0 Å². The number of benzene rings is 2. The zero-order valence-corrected chi connectivity index (χ0v) is 17.5. The number of carbonyl (C=O) groups is 1. The van der Waals surface area contributed by atoms with Crippen molar-refractivity contribution in [3.05, 3.63) is 80.0 Å². The molecule has 2 aromatic heterocycles. The number of aryl methyl sites for hydroxylation is 2. The van der Waals surface area contributed by atoms with Crippen LogP contribution in [0.2, 0.25) is 0 Å². The molecule has 2 heterocycles. The van der Waals surface area contributed by atoms with Gasteiger partial charge in [0.2, 0.25) is 5.78 Å². The molecule has 30 heavy (non-hydrogen) atoms. The van der Waals surface area contributed by atoms with Crippen LogP contribution in [0.3, 0.4) is 0 Å². The van der Waals surface area contributed by atoms with Gasteiger partial charge in [0.1, 0.15) is 6.54 Å². The Kier molecular flexibility index (Phi) is 4.89. The summed E-state index contributed by atoms with van der Waals surface area (Å²) >= 11 is 0. The molecule has 0 saturated heterocycles. The van der Waals surface area contributed by atoms with Crippen molar-refractivity contribution in [1.29, 1.82) is 0 Å². The lowest BCUT2D eigenvalue weighted by molar-refractivity contribution is 0.0965. The monoisotopic (exact) mass is 404 g/mol. The van der Waals surface area contributed by atoms with E-state index in [1.807, 2.05) is 39.8 Å². The SMILES string of the molecule is Cc1ccc(C(=O)Cn2nc3n(CC(C)C)c(=O)c4ccccc4n3c2=O)c(C)c1. The third-order valence-electron chi connectivity index (χ3n) is 5.21. The van der Waals surface area contributed by atoms with Gasteiger partial charge in [0.15, 0.2) is 5.78 Å². The van der Waals surface area contributed by atoms with E-state index >= 15 is 0 Å². The van der Waals surface area contributed by atoms with Gasteiger partial charge in [-0.05, 0) is 37.5 Å². The standard InChI is InChI=1S/C23H24N4O3/c1-14(2)12-25-21(29)18-7-5-6-8-19(18)27-22(25)24-26(23(27)30)13-20(28)17-10-9-15(3)11-16(17)4/h5-11,14H,12-13H2,1-4H3. The Labute approximate surface area is 173 Å². The molecule has 0 saturated carbocycles. The quantitative estimate of drug-likeness (QED) is 0.479. The molecule has 7 heteroatoms. The van der Waals surface area contributed by atoms with Crippen molar-refractivity contribution in [3.8, 4) is 0 Å². The number of rotatable bonds is 5. The van der Waals surface area contributed by atoms with Crippen LogP contribution in [0.1, 0.15) is 35.3 Å². The lowest BCUT2D eigenvalue weighted by Crippen LogP contribution is -2.28. The summed E-state index contributed by atoms with van der Waals surface area (Å²) in [7, 11) is 0. The molecule has 0 aliphatic carbocycles. The van der Waals surface area contributed by atoms with Crippen molar-refractivity contribution in [3.63, 3.8) is 0 Å². The molecule has 0 aliphatic rings. The normalized spacial score (nSPS) is 11.6. The highest BCUT2D eigenvalue weighted by Crippen LogP contribution is 2.14. The number of ketones is 1. The maximum Gasteiger partial charge on any atom is 0.352 e. The third kappa shape index (κ3) is 3.26. The van der Waals surface area contributed by atoms with E-state index in [-0.39, 0.29) is 29.6 Å². The van der Waals surface area contributed by atoms with Gasteiger partial charge < -0.3 is 0 Å². The molecule has 154 valence electrons. The highest BCUT2D eigenvalue weighted by Gasteiger charge is 2.20. The van der Waals surface area contributed by atoms with Crippen LogP contribution in [0.4, 0.5) is 0 Å². The molecular formula is C23H24N4O3. The number of nitrogens with zero attached hydrogens (tertiary/aromatic N) is 4. The van der Waals surface area contributed by atoms with Gasteiger partial charge in [-0.25, -0.2) is 13.9 Å². The second kappa shape index (κ2) is 7.40. The molecule has 0 radical (unpaired) electrons. The smallest absolute Gasteiger partial charge is 0.292 e. The van der Waals surface area contributed by atoms with Gasteiger partial charge in [-0.2, -0.15) is 0 Å². The van der Waals surface area contributed by atoms with E-state index in [4.69, 9.17) is 0 Å². The second-order valence-corrected chi connectivity index (χ2v) is 8.14. The largest absolute Gasteiger partial charge is 0.352 e. The van der Waals surface area contributed by atoms with Gasteiger partial charge in [-0.15, -0.1) is 5.10 Å². The van der Waals surface area contributed by atoms with Crippen molar-refractivity contribution in [1.82, 2.24) is 18.7 Å². The molecule has 0 aliphatic heterocycles. The van der Waals surface area contributed by atoms with E-state index in [2.05, 4.69) is 5.10 Å². The van der Waals surface area contributed by atoms with Gasteiger partial charge in [0.05, 0.1) is 10.9 Å². The topological polar surface area (TPSA) is 78.4 Å². The van der Waals surface area contributed by atoms with Crippen molar-refractivity contribution in [2.75, 3.05) is 0 Å². The Hall–Kier alpha value is -3.48. The molecule has 0 amide bonds. The summed E-state index contributed by atoms with van der Waals surface area (Å²) in [6.07, 6.45) is 0. The molecule has 7 nitrogen and oxygen atoms in total. The first-order valence-electron chi connectivity index (χ1n) is 9.99. The number of Topliss-reactive ketones (excluding diaryl/α,β-unsaturated/α-hetero) is 1. The first-order valence-corrected chi connectivity index (χ1v) is 9.99. The highest BCUT2D eigenvalue weighted by molar-refractivity contribution is 5.97. The van der Waals surface area contributed by atoms with E-state index < -0.39 is 5.69 Å². The average molecular weight is 404 g/mol. The molecule has 0 atom stereocenters. The lowest BCUT2D eigenvalue weighted by atomic mass is 10.0.